The average Bonchev–Trinajstić information content (AvgIpc) is 2.96. The third-order valence-corrected chi connectivity index (χ3v) is 5.93. The zero-order chi connectivity index (χ0) is 31.4. The fourth-order valence-electron chi connectivity index (χ4n) is 3.44. The standard InChI is InChI=1S/C21H14ClF3N4O.C5H13NO.C3H8O2/c1-26-17-7-13(10-28-20(17)22)12-5-6-16-18(8-12)29(19(30)11-27-16)15-4-2-3-14(9-15)21(23,24)25;1-6(2)4-5-7-3;1-3(5)2-4/h2-11,26H,1H3;4-5H2,1-3H3;3-5H,2H2,1H3. The fraction of sp³-hybridized carbons (Fsp3) is 0.345. The normalized spacial score (nSPS) is 11.8. The summed E-state index contributed by atoms with van der Waals surface area (Å²) in [5, 5.41) is 19.3. The number of aromatic nitrogens is 3. The zero-order valence-electron chi connectivity index (χ0n) is 24.0. The SMILES string of the molecule is CC(O)CO.CNc1cc(-c2ccc3ncc(=O)n(-c4cccc(C(F)(F)F)c4)c3c2)cnc1Cl.COCCN(C)C. The van der Waals surface area contributed by atoms with Crippen molar-refractivity contribution in [1.82, 2.24) is 19.4 Å². The molecule has 9 nitrogen and oxygen atoms in total. The number of hydrogen-bond acceptors (Lipinski definition) is 8. The molecule has 0 radical (unpaired) electrons. The number of aliphatic hydroxyl groups excluding tert-OH is 2. The van der Waals surface area contributed by atoms with Crippen molar-refractivity contribution in [2.75, 3.05) is 53.3 Å². The lowest BCUT2D eigenvalue weighted by molar-refractivity contribution is -0.137. The van der Waals surface area contributed by atoms with Crippen molar-refractivity contribution in [3.8, 4) is 16.8 Å². The number of alkyl halides is 3. The molecule has 0 saturated heterocycles. The smallest absolute Gasteiger partial charge is 0.394 e. The molecule has 4 aromatic rings. The summed E-state index contributed by atoms with van der Waals surface area (Å²) < 4.78 is 45.5. The Morgan fingerprint density at radius 3 is 2.33 bits per heavy atom. The molecule has 2 aromatic heterocycles. The Morgan fingerprint density at radius 1 is 1.10 bits per heavy atom. The van der Waals surface area contributed by atoms with Crippen LogP contribution in [0, 0.1) is 0 Å². The average molecular weight is 610 g/mol. The van der Waals surface area contributed by atoms with E-state index in [2.05, 4.69) is 20.2 Å². The minimum absolute atomic E-state index is 0.101. The number of pyridine rings is 1. The number of benzene rings is 2. The van der Waals surface area contributed by atoms with Crippen LogP contribution in [0.25, 0.3) is 27.8 Å². The highest BCUT2D eigenvalue weighted by molar-refractivity contribution is 6.32. The van der Waals surface area contributed by atoms with Crippen LogP contribution in [0.2, 0.25) is 5.15 Å². The number of nitrogens with zero attached hydrogens (tertiary/aromatic N) is 4. The lowest BCUT2D eigenvalue weighted by Crippen LogP contribution is -2.19. The quantitative estimate of drug-likeness (QED) is 0.258. The maximum Gasteiger partial charge on any atom is 0.416 e. The number of nitrogens with one attached hydrogen (secondary N) is 1. The molecule has 0 aliphatic heterocycles. The van der Waals surface area contributed by atoms with Gasteiger partial charge in [0.1, 0.15) is 0 Å². The Labute approximate surface area is 247 Å². The Morgan fingerprint density at radius 2 is 1.79 bits per heavy atom. The summed E-state index contributed by atoms with van der Waals surface area (Å²) in [5.74, 6) is 0. The van der Waals surface area contributed by atoms with Gasteiger partial charge < -0.3 is 25.2 Å². The number of halogens is 4. The summed E-state index contributed by atoms with van der Waals surface area (Å²) in [6.45, 7) is 3.23. The molecule has 1 unspecified atom stereocenters. The van der Waals surface area contributed by atoms with Crippen molar-refractivity contribution in [2.24, 2.45) is 0 Å². The molecule has 0 amide bonds. The highest BCUT2D eigenvalue weighted by Gasteiger charge is 2.30. The largest absolute Gasteiger partial charge is 0.416 e. The predicted octanol–water partition coefficient (Wildman–Crippen LogP) is 4.72. The molecule has 2 aromatic carbocycles. The van der Waals surface area contributed by atoms with Crippen LogP contribution in [0.5, 0.6) is 0 Å². The number of rotatable bonds is 7. The number of likely N-dealkylation sites (N-methyl/N-ethyl adjacent to an activating group) is 1. The van der Waals surface area contributed by atoms with E-state index in [1.54, 1.807) is 44.6 Å². The van der Waals surface area contributed by atoms with Gasteiger partial charge in [0.2, 0.25) is 0 Å². The van der Waals surface area contributed by atoms with Gasteiger partial charge in [-0.25, -0.2) is 9.97 Å². The number of hydrogen-bond donors (Lipinski definition) is 3. The monoisotopic (exact) mass is 609 g/mol. The lowest BCUT2D eigenvalue weighted by atomic mass is 10.1. The van der Waals surface area contributed by atoms with Gasteiger partial charge in [-0.3, -0.25) is 9.36 Å². The van der Waals surface area contributed by atoms with Crippen LogP contribution >= 0.6 is 11.6 Å². The Bertz CT molecular complexity index is 1500. The van der Waals surface area contributed by atoms with Crippen molar-refractivity contribution in [2.45, 2.75) is 19.2 Å². The molecule has 1 atom stereocenters. The minimum Gasteiger partial charge on any atom is -0.394 e. The summed E-state index contributed by atoms with van der Waals surface area (Å²) in [5.41, 5.74) is 1.61. The van der Waals surface area contributed by atoms with Crippen molar-refractivity contribution in [1.29, 1.82) is 0 Å². The molecule has 13 heteroatoms. The fourth-order valence-corrected chi connectivity index (χ4v) is 3.63. The summed E-state index contributed by atoms with van der Waals surface area (Å²) in [6, 6.07) is 11.6. The number of anilines is 1. The number of aliphatic hydroxyl groups is 2. The van der Waals surface area contributed by atoms with Gasteiger partial charge in [0, 0.05) is 38.1 Å². The third kappa shape index (κ3) is 10.1. The second-order valence-corrected chi connectivity index (χ2v) is 9.68. The van der Waals surface area contributed by atoms with Gasteiger partial charge in [-0.05, 0) is 63.0 Å². The van der Waals surface area contributed by atoms with Crippen LogP contribution < -0.4 is 10.9 Å². The first-order valence-corrected chi connectivity index (χ1v) is 13.2. The Kier molecular flexibility index (Phi) is 13.4. The van der Waals surface area contributed by atoms with Gasteiger partial charge >= 0.3 is 6.18 Å². The Balaban J connectivity index is 0.000000434. The molecule has 2 heterocycles. The minimum atomic E-state index is -4.52. The molecule has 0 aliphatic carbocycles. The van der Waals surface area contributed by atoms with Gasteiger partial charge in [0.25, 0.3) is 5.56 Å². The predicted molar refractivity (Wildman–Crippen MR) is 159 cm³/mol. The first-order chi connectivity index (χ1) is 19.8. The lowest BCUT2D eigenvalue weighted by Gasteiger charge is -2.14. The van der Waals surface area contributed by atoms with Crippen LogP contribution in [-0.2, 0) is 10.9 Å². The van der Waals surface area contributed by atoms with Crippen molar-refractivity contribution >= 4 is 28.3 Å². The van der Waals surface area contributed by atoms with Crippen molar-refractivity contribution in [3.05, 3.63) is 82.0 Å². The van der Waals surface area contributed by atoms with E-state index in [1.807, 2.05) is 14.1 Å². The van der Waals surface area contributed by atoms with E-state index in [4.69, 9.17) is 26.6 Å². The molecule has 0 fully saturated rings. The molecular formula is C29H35ClF3N5O4. The second-order valence-electron chi connectivity index (χ2n) is 9.32. The first kappa shape index (κ1) is 34.7. The van der Waals surface area contributed by atoms with E-state index in [9.17, 15) is 18.0 Å². The maximum atomic E-state index is 13.2. The second kappa shape index (κ2) is 16.2. The molecule has 0 spiro atoms. The molecule has 0 saturated carbocycles. The van der Waals surface area contributed by atoms with E-state index in [1.165, 1.54) is 23.6 Å². The summed E-state index contributed by atoms with van der Waals surface area (Å²) in [4.78, 5) is 22.9. The maximum absolute atomic E-state index is 13.2. The highest BCUT2D eigenvalue weighted by atomic mass is 35.5. The summed E-state index contributed by atoms with van der Waals surface area (Å²) in [6.07, 6.45) is -2.42. The van der Waals surface area contributed by atoms with Crippen LogP contribution in [0.1, 0.15) is 12.5 Å². The molecule has 0 aliphatic rings. The molecule has 4 rings (SSSR count). The number of fused-ring (bicyclic) bond motifs is 1. The van der Waals surface area contributed by atoms with E-state index in [-0.39, 0.29) is 12.3 Å². The van der Waals surface area contributed by atoms with Crippen LogP contribution in [0.4, 0.5) is 18.9 Å². The molecule has 42 heavy (non-hydrogen) atoms. The van der Waals surface area contributed by atoms with Crippen molar-refractivity contribution < 1.29 is 28.1 Å². The molecule has 3 N–H and O–H groups in total. The van der Waals surface area contributed by atoms with Gasteiger partial charge in [0.15, 0.2) is 5.15 Å². The Hall–Kier alpha value is -3.55. The van der Waals surface area contributed by atoms with Gasteiger partial charge in [-0.2, -0.15) is 13.2 Å². The summed E-state index contributed by atoms with van der Waals surface area (Å²) in [7, 11) is 7.48. The molecule has 0 bridgehead atoms. The van der Waals surface area contributed by atoms with Crippen molar-refractivity contribution in [3.63, 3.8) is 0 Å². The topological polar surface area (TPSA) is 113 Å². The van der Waals surface area contributed by atoms with E-state index in [0.717, 1.165) is 37.0 Å². The number of ether oxygens (including phenoxy) is 1. The zero-order valence-corrected chi connectivity index (χ0v) is 24.7. The summed E-state index contributed by atoms with van der Waals surface area (Å²) >= 11 is 6.04. The van der Waals surface area contributed by atoms with Crippen LogP contribution in [-0.4, -0.2) is 83.8 Å². The van der Waals surface area contributed by atoms with Crippen LogP contribution in [0.15, 0.2) is 65.7 Å². The van der Waals surface area contributed by atoms with Crippen LogP contribution in [0.3, 0.4) is 0 Å². The van der Waals surface area contributed by atoms with E-state index >= 15 is 0 Å². The van der Waals surface area contributed by atoms with E-state index < -0.39 is 23.4 Å². The van der Waals surface area contributed by atoms with E-state index in [0.29, 0.717) is 27.4 Å². The third-order valence-electron chi connectivity index (χ3n) is 5.63. The van der Waals surface area contributed by atoms with Gasteiger partial charge in [-0.15, -0.1) is 0 Å². The molecular weight excluding hydrogens is 575 g/mol. The number of methoxy groups -OCH3 is 1. The van der Waals surface area contributed by atoms with Gasteiger partial charge in [0.05, 0.1) is 47.8 Å². The molecule has 228 valence electrons. The van der Waals surface area contributed by atoms with Gasteiger partial charge in [-0.1, -0.05) is 23.7 Å². The highest BCUT2D eigenvalue weighted by Crippen LogP contribution is 2.32. The first-order valence-electron chi connectivity index (χ1n) is 12.8.